The zero-order valence-electron chi connectivity index (χ0n) is 17.3. The molecule has 0 amide bonds. The van der Waals surface area contributed by atoms with Crippen molar-refractivity contribution in [2.45, 2.75) is 12.5 Å². The third-order valence-electron chi connectivity index (χ3n) is 5.17. The highest BCUT2D eigenvalue weighted by Gasteiger charge is 2.29. The summed E-state index contributed by atoms with van der Waals surface area (Å²) in [6.07, 6.45) is 4.84. The van der Waals surface area contributed by atoms with Gasteiger partial charge in [-0.2, -0.15) is 5.10 Å². The van der Waals surface area contributed by atoms with Gasteiger partial charge < -0.3 is 9.47 Å². The van der Waals surface area contributed by atoms with Gasteiger partial charge in [-0.25, -0.2) is 0 Å². The first kappa shape index (κ1) is 21.3. The number of hydrogen-bond donors (Lipinski definition) is 0. The highest BCUT2D eigenvalue weighted by molar-refractivity contribution is 6.36. The van der Waals surface area contributed by atoms with E-state index in [-0.39, 0.29) is 6.04 Å². The molecule has 31 heavy (non-hydrogen) atoms. The molecule has 6 heteroatoms. The third kappa shape index (κ3) is 4.87. The van der Waals surface area contributed by atoms with Crippen molar-refractivity contribution in [1.29, 1.82) is 0 Å². The number of rotatable bonds is 6. The Morgan fingerprint density at radius 1 is 0.871 bits per heavy atom. The minimum atomic E-state index is 0.0140. The normalized spacial score (nSPS) is 15.9. The molecule has 3 aromatic carbocycles. The molecule has 4 rings (SSSR count). The predicted octanol–water partition coefficient (Wildman–Crippen LogP) is 7.03. The summed E-state index contributed by atoms with van der Waals surface area (Å²) in [5.41, 5.74) is 3.98. The van der Waals surface area contributed by atoms with Crippen molar-refractivity contribution in [3.63, 3.8) is 0 Å². The second kappa shape index (κ2) is 9.46. The molecule has 1 atom stereocenters. The summed E-state index contributed by atoms with van der Waals surface area (Å²) in [4.78, 5) is 0. The number of benzene rings is 3. The first-order chi connectivity index (χ1) is 15.1. The number of methoxy groups -OCH3 is 2. The van der Waals surface area contributed by atoms with Crippen LogP contribution in [0, 0.1) is 0 Å². The van der Waals surface area contributed by atoms with Gasteiger partial charge in [-0.1, -0.05) is 53.5 Å². The maximum Gasteiger partial charge on any atom is 0.118 e. The van der Waals surface area contributed by atoms with E-state index in [2.05, 4.69) is 18.2 Å². The summed E-state index contributed by atoms with van der Waals surface area (Å²) in [7, 11) is 3.32. The number of nitrogens with zero attached hydrogens (tertiary/aromatic N) is 2. The van der Waals surface area contributed by atoms with Crippen molar-refractivity contribution in [1.82, 2.24) is 0 Å². The molecule has 0 aromatic heterocycles. The highest BCUT2D eigenvalue weighted by Crippen LogP contribution is 2.40. The molecule has 0 bridgehead atoms. The van der Waals surface area contributed by atoms with E-state index < -0.39 is 0 Å². The van der Waals surface area contributed by atoms with Crippen LogP contribution in [-0.4, -0.2) is 19.9 Å². The van der Waals surface area contributed by atoms with Crippen LogP contribution in [0.3, 0.4) is 0 Å². The van der Waals surface area contributed by atoms with Crippen LogP contribution in [0.15, 0.2) is 77.9 Å². The van der Waals surface area contributed by atoms with Crippen LogP contribution >= 0.6 is 23.2 Å². The lowest BCUT2D eigenvalue weighted by Gasteiger charge is -2.25. The molecule has 0 radical (unpaired) electrons. The van der Waals surface area contributed by atoms with Gasteiger partial charge in [-0.3, -0.25) is 5.01 Å². The van der Waals surface area contributed by atoms with E-state index in [0.29, 0.717) is 10.0 Å². The molecule has 0 fully saturated rings. The van der Waals surface area contributed by atoms with Crippen LogP contribution in [0.2, 0.25) is 10.0 Å². The molecule has 1 aliphatic rings. The van der Waals surface area contributed by atoms with E-state index in [0.717, 1.165) is 40.4 Å². The molecule has 0 spiro atoms. The van der Waals surface area contributed by atoms with Crippen LogP contribution in [0.1, 0.15) is 23.6 Å². The maximum atomic E-state index is 6.51. The Bertz CT molecular complexity index is 1110. The van der Waals surface area contributed by atoms with Crippen LogP contribution in [0.25, 0.3) is 6.08 Å². The zero-order valence-corrected chi connectivity index (χ0v) is 18.8. The fourth-order valence-electron chi connectivity index (χ4n) is 3.52. The summed E-state index contributed by atoms with van der Waals surface area (Å²) in [5.74, 6) is 1.65. The summed E-state index contributed by atoms with van der Waals surface area (Å²) in [6, 6.07) is 21.4. The minimum Gasteiger partial charge on any atom is -0.497 e. The Labute approximate surface area is 192 Å². The molecular weight excluding hydrogens is 431 g/mol. The van der Waals surface area contributed by atoms with Crippen molar-refractivity contribution < 1.29 is 9.47 Å². The quantitative estimate of drug-likeness (QED) is 0.402. The van der Waals surface area contributed by atoms with Crippen molar-refractivity contribution in [3.05, 3.63) is 94.0 Å². The lowest BCUT2D eigenvalue weighted by molar-refractivity contribution is 0.414. The van der Waals surface area contributed by atoms with Gasteiger partial charge in [0.25, 0.3) is 0 Å². The van der Waals surface area contributed by atoms with Crippen LogP contribution in [0.5, 0.6) is 11.5 Å². The van der Waals surface area contributed by atoms with Crippen molar-refractivity contribution in [2.75, 3.05) is 19.2 Å². The van der Waals surface area contributed by atoms with Gasteiger partial charge in [0.15, 0.2) is 0 Å². The maximum absolute atomic E-state index is 6.51. The first-order valence-electron chi connectivity index (χ1n) is 9.85. The highest BCUT2D eigenvalue weighted by atomic mass is 35.5. The molecule has 1 unspecified atom stereocenters. The molecule has 0 saturated carbocycles. The molecule has 1 aliphatic heterocycles. The van der Waals surface area contributed by atoms with Crippen LogP contribution < -0.4 is 14.5 Å². The molecule has 0 saturated heterocycles. The summed E-state index contributed by atoms with van der Waals surface area (Å²) < 4.78 is 10.5. The predicted molar refractivity (Wildman–Crippen MR) is 129 cm³/mol. The van der Waals surface area contributed by atoms with E-state index in [1.165, 1.54) is 0 Å². The Morgan fingerprint density at radius 3 is 2.13 bits per heavy atom. The van der Waals surface area contributed by atoms with Crippen LogP contribution in [-0.2, 0) is 0 Å². The van der Waals surface area contributed by atoms with Gasteiger partial charge >= 0.3 is 0 Å². The molecule has 158 valence electrons. The zero-order chi connectivity index (χ0) is 21.8. The van der Waals surface area contributed by atoms with Gasteiger partial charge in [0.05, 0.1) is 36.7 Å². The van der Waals surface area contributed by atoms with Crippen molar-refractivity contribution in [2.24, 2.45) is 5.10 Å². The third-order valence-corrected chi connectivity index (χ3v) is 5.71. The number of halogens is 2. The largest absolute Gasteiger partial charge is 0.497 e. The Balaban J connectivity index is 1.65. The van der Waals surface area contributed by atoms with Gasteiger partial charge in [0, 0.05) is 11.4 Å². The number of hydrazone groups is 1. The summed E-state index contributed by atoms with van der Waals surface area (Å²) >= 11 is 12.6. The average molecular weight is 453 g/mol. The smallest absolute Gasteiger partial charge is 0.118 e. The van der Waals surface area contributed by atoms with Crippen molar-refractivity contribution >= 4 is 40.7 Å². The monoisotopic (exact) mass is 452 g/mol. The fraction of sp³-hybridized carbons (Fsp3) is 0.160. The van der Waals surface area contributed by atoms with E-state index in [1.54, 1.807) is 20.3 Å². The van der Waals surface area contributed by atoms with Gasteiger partial charge in [0.2, 0.25) is 0 Å². The number of anilines is 1. The van der Waals surface area contributed by atoms with Crippen LogP contribution in [0.4, 0.5) is 5.69 Å². The Kier molecular flexibility index (Phi) is 6.50. The van der Waals surface area contributed by atoms with Gasteiger partial charge in [-0.15, -0.1) is 0 Å². The van der Waals surface area contributed by atoms with E-state index in [1.807, 2.05) is 59.6 Å². The molecular formula is C25H22Cl2N2O2. The SMILES string of the molecule is COc1ccc(C=CC2=NN(c3ccc(Cl)cc3Cl)C(c3ccc(OC)cc3)C2)cc1. The molecule has 4 nitrogen and oxygen atoms in total. The fourth-order valence-corrected chi connectivity index (χ4v) is 4.01. The van der Waals surface area contributed by atoms with Gasteiger partial charge in [0.1, 0.15) is 11.5 Å². The standard InChI is InChI=1S/C25H22Cl2N2O2/c1-30-21-10-4-17(5-11-21)3-9-20-16-25(18-6-12-22(31-2)13-7-18)29(28-20)24-14-8-19(26)15-23(24)27/h3-15,25H,16H2,1-2H3. The summed E-state index contributed by atoms with van der Waals surface area (Å²) in [5, 5.41) is 8.00. The number of ether oxygens (including phenoxy) is 2. The van der Waals surface area contributed by atoms with E-state index >= 15 is 0 Å². The summed E-state index contributed by atoms with van der Waals surface area (Å²) in [6.45, 7) is 0. The Hall–Kier alpha value is -2.95. The molecule has 1 heterocycles. The number of allylic oxidation sites excluding steroid dienone is 1. The van der Waals surface area contributed by atoms with Crippen molar-refractivity contribution in [3.8, 4) is 11.5 Å². The molecule has 3 aromatic rings. The second-order valence-corrected chi connectivity index (χ2v) is 7.97. The topological polar surface area (TPSA) is 34.1 Å². The second-order valence-electron chi connectivity index (χ2n) is 7.13. The lowest BCUT2D eigenvalue weighted by atomic mass is 10.0. The average Bonchev–Trinajstić information content (AvgIpc) is 3.22. The van der Waals surface area contributed by atoms with Gasteiger partial charge in [-0.05, 0) is 59.7 Å². The molecule has 0 aliphatic carbocycles. The molecule has 0 N–H and O–H groups in total. The minimum absolute atomic E-state index is 0.0140. The lowest BCUT2D eigenvalue weighted by Crippen LogP contribution is -2.18. The Morgan fingerprint density at radius 2 is 1.52 bits per heavy atom. The first-order valence-corrected chi connectivity index (χ1v) is 10.6. The van der Waals surface area contributed by atoms with E-state index in [4.69, 9.17) is 37.8 Å². The number of hydrogen-bond acceptors (Lipinski definition) is 4. The van der Waals surface area contributed by atoms with E-state index in [9.17, 15) is 0 Å².